The fourth-order valence-corrected chi connectivity index (χ4v) is 4.39. The van der Waals surface area contributed by atoms with E-state index in [9.17, 15) is 4.79 Å². The molecule has 3 aromatic heterocycles. The second kappa shape index (κ2) is 8.62. The van der Waals surface area contributed by atoms with Gasteiger partial charge in [-0.05, 0) is 37.7 Å². The lowest BCUT2D eigenvalue weighted by Crippen LogP contribution is -2.30. The van der Waals surface area contributed by atoms with Gasteiger partial charge in [0, 0.05) is 37.7 Å². The molecule has 1 amide bonds. The molecule has 0 bridgehead atoms. The van der Waals surface area contributed by atoms with Crippen LogP contribution >= 0.6 is 0 Å². The minimum absolute atomic E-state index is 0.0601. The first-order chi connectivity index (χ1) is 14.2. The van der Waals surface area contributed by atoms with Crippen LogP contribution in [0.3, 0.4) is 0 Å². The highest BCUT2D eigenvalue weighted by molar-refractivity contribution is 6.01. The van der Waals surface area contributed by atoms with Crippen LogP contribution in [0.1, 0.15) is 44.0 Å². The zero-order valence-corrected chi connectivity index (χ0v) is 16.6. The largest absolute Gasteiger partial charge is 0.383 e. The van der Waals surface area contributed by atoms with Gasteiger partial charge in [0.1, 0.15) is 17.0 Å². The van der Waals surface area contributed by atoms with Crippen molar-refractivity contribution in [2.45, 2.75) is 44.6 Å². The maximum atomic E-state index is 12.5. The molecule has 8 nitrogen and oxygen atoms in total. The quantitative estimate of drug-likeness (QED) is 0.599. The van der Waals surface area contributed by atoms with E-state index in [1.54, 1.807) is 13.3 Å². The van der Waals surface area contributed by atoms with Gasteiger partial charge in [-0.15, -0.1) is 0 Å². The van der Waals surface area contributed by atoms with Gasteiger partial charge in [0.05, 0.1) is 30.8 Å². The van der Waals surface area contributed by atoms with Crippen molar-refractivity contribution in [3.63, 3.8) is 0 Å². The Bertz CT molecular complexity index is 1040. The maximum Gasteiger partial charge on any atom is 0.227 e. The number of amides is 1. The topological polar surface area (TPSA) is 109 Å². The summed E-state index contributed by atoms with van der Waals surface area (Å²) in [4.78, 5) is 24.9. The first-order valence-corrected chi connectivity index (χ1v) is 10.2. The minimum atomic E-state index is -0.0601. The Balaban J connectivity index is 1.68. The lowest BCUT2D eigenvalue weighted by molar-refractivity contribution is -0.120. The standard InChI is InChI=1S/C21H26N6O2/c1-29-11-10-23-19(28)12-18-26-17-13-25-21-16(7-9-24-21)20(17)27(18)15-4-2-14(3-5-15)6-8-22/h7,9,13-15H,2-6,10-12H2,1H3,(H,23,28)(H,24,25)/t14-,15-. The molecular formula is C21H26N6O2. The van der Waals surface area contributed by atoms with Gasteiger partial charge in [-0.3, -0.25) is 4.79 Å². The number of H-pyrrole nitrogens is 1. The maximum absolute atomic E-state index is 12.5. The first kappa shape index (κ1) is 19.4. The minimum Gasteiger partial charge on any atom is -0.383 e. The molecule has 2 N–H and O–H groups in total. The molecule has 0 atom stereocenters. The van der Waals surface area contributed by atoms with Crippen LogP contribution in [-0.2, 0) is 16.0 Å². The van der Waals surface area contributed by atoms with E-state index in [1.165, 1.54) is 0 Å². The summed E-state index contributed by atoms with van der Waals surface area (Å²) in [7, 11) is 1.61. The Morgan fingerprint density at radius 1 is 1.41 bits per heavy atom. The molecule has 3 heterocycles. The predicted molar refractivity (Wildman–Crippen MR) is 109 cm³/mol. The molecule has 0 aromatic carbocycles. The summed E-state index contributed by atoms with van der Waals surface area (Å²) in [6, 6.07) is 4.60. The summed E-state index contributed by atoms with van der Waals surface area (Å²) in [5.41, 5.74) is 2.68. The van der Waals surface area contributed by atoms with Crippen molar-refractivity contribution in [1.29, 1.82) is 5.26 Å². The van der Waals surface area contributed by atoms with Gasteiger partial charge in [0.15, 0.2) is 0 Å². The Hall–Kier alpha value is -2.92. The summed E-state index contributed by atoms with van der Waals surface area (Å²) in [6.45, 7) is 0.970. The molecule has 0 unspecified atom stereocenters. The number of aromatic nitrogens is 4. The molecule has 0 radical (unpaired) electrons. The molecule has 0 saturated heterocycles. The Morgan fingerprint density at radius 3 is 3.00 bits per heavy atom. The van der Waals surface area contributed by atoms with Crippen molar-refractivity contribution in [3.05, 3.63) is 24.3 Å². The molecule has 3 aromatic rings. The van der Waals surface area contributed by atoms with Crippen molar-refractivity contribution in [2.24, 2.45) is 5.92 Å². The molecule has 1 saturated carbocycles. The number of hydrogen-bond donors (Lipinski definition) is 2. The fraction of sp³-hybridized carbons (Fsp3) is 0.524. The SMILES string of the molecule is COCCNC(=O)Cc1nc2cnc3[nH]ccc3c2n1[C@H]1CC[C@H](CC#N)CC1. The van der Waals surface area contributed by atoms with Crippen molar-refractivity contribution in [3.8, 4) is 6.07 Å². The van der Waals surface area contributed by atoms with E-state index in [1.807, 2.05) is 12.3 Å². The lowest BCUT2D eigenvalue weighted by atomic mass is 9.84. The van der Waals surface area contributed by atoms with Crippen LogP contribution in [0.2, 0.25) is 0 Å². The highest BCUT2D eigenvalue weighted by Crippen LogP contribution is 2.37. The molecule has 8 heteroatoms. The molecular weight excluding hydrogens is 368 g/mol. The zero-order chi connectivity index (χ0) is 20.2. The summed E-state index contributed by atoms with van der Waals surface area (Å²) in [5.74, 6) is 1.19. The number of nitriles is 1. The number of imidazole rings is 1. The summed E-state index contributed by atoms with van der Waals surface area (Å²) >= 11 is 0. The molecule has 4 rings (SSSR count). The first-order valence-electron chi connectivity index (χ1n) is 10.2. The number of methoxy groups -OCH3 is 1. The highest BCUT2D eigenvalue weighted by Gasteiger charge is 2.27. The van der Waals surface area contributed by atoms with E-state index >= 15 is 0 Å². The van der Waals surface area contributed by atoms with E-state index in [0.717, 1.165) is 53.6 Å². The fourth-order valence-electron chi connectivity index (χ4n) is 4.39. The molecule has 1 aliphatic rings. The Kier molecular flexibility index (Phi) is 5.76. The number of aromatic amines is 1. The van der Waals surface area contributed by atoms with E-state index in [4.69, 9.17) is 15.0 Å². The van der Waals surface area contributed by atoms with E-state index in [2.05, 4.69) is 25.9 Å². The number of fused-ring (bicyclic) bond motifs is 3. The highest BCUT2D eigenvalue weighted by atomic mass is 16.5. The number of ether oxygens (including phenoxy) is 1. The van der Waals surface area contributed by atoms with Crippen LogP contribution in [0.15, 0.2) is 18.5 Å². The average Bonchev–Trinajstić information content (AvgIpc) is 3.33. The monoisotopic (exact) mass is 394 g/mol. The number of hydrogen-bond acceptors (Lipinski definition) is 5. The molecule has 29 heavy (non-hydrogen) atoms. The molecule has 1 fully saturated rings. The van der Waals surface area contributed by atoms with Crippen LogP contribution in [-0.4, -0.2) is 45.7 Å². The molecule has 1 aliphatic carbocycles. The van der Waals surface area contributed by atoms with Crippen LogP contribution < -0.4 is 5.32 Å². The Morgan fingerprint density at radius 2 is 2.24 bits per heavy atom. The van der Waals surface area contributed by atoms with Gasteiger partial charge in [-0.1, -0.05) is 0 Å². The van der Waals surface area contributed by atoms with Crippen molar-refractivity contribution < 1.29 is 9.53 Å². The van der Waals surface area contributed by atoms with Gasteiger partial charge >= 0.3 is 0 Å². The molecule has 152 valence electrons. The van der Waals surface area contributed by atoms with Crippen LogP contribution in [0, 0.1) is 17.2 Å². The lowest BCUT2D eigenvalue weighted by Gasteiger charge is -2.30. The number of nitrogens with one attached hydrogen (secondary N) is 2. The molecule has 0 aliphatic heterocycles. The van der Waals surface area contributed by atoms with Gasteiger partial charge in [0.2, 0.25) is 5.91 Å². The Labute approximate surface area is 169 Å². The summed E-state index contributed by atoms with van der Waals surface area (Å²) < 4.78 is 7.26. The predicted octanol–water partition coefficient (Wildman–Crippen LogP) is 2.86. The third kappa shape index (κ3) is 3.96. The molecule has 0 spiro atoms. The normalized spacial score (nSPS) is 19.4. The van der Waals surface area contributed by atoms with Crippen molar-refractivity contribution >= 4 is 28.0 Å². The van der Waals surface area contributed by atoms with Crippen molar-refractivity contribution in [2.75, 3.05) is 20.3 Å². The number of nitrogens with zero attached hydrogens (tertiary/aromatic N) is 4. The third-order valence-electron chi connectivity index (χ3n) is 5.82. The number of rotatable bonds is 7. The second-order valence-corrected chi connectivity index (χ2v) is 7.69. The van der Waals surface area contributed by atoms with Crippen molar-refractivity contribution in [1.82, 2.24) is 24.8 Å². The number of carbonyl (C=O) groups is 1. The summed E-state index contributed by atoms with van der Waals surface area (Å²) in [5, 5.41) is 12.9. The number of pyridine rings is 1. The van der Waals surface area contributed by atoms with Gasteiger partial charge < -0.3 is 19.6 Å². The van der Waals surface area contributed by atoms with E-state index in [0.29, 0.717) is 25.5 Å². The smallest absolute Gasteiger partial charge is 0.227 e. The van der Waals surface area contributed by atoms with Crippen LogP contribution in [0.4, 0.5) is 0 Å². The average molecular weight is 394 g/mol. The second-order valence-electron chi connectivity index (χ2n) is 7.69. The van der Waals surface area contributed by atoms with Crippen LogP contribution in [0.5, 0.6) is 0 Å². The van der Waals surface area contributed by atoms with Gasteiger partial charge in [-0.25, -0.2) is 9.97 Å². The van der Waals surface area contributed by atoms with Gasteiger partial charge in [-0.2, -0.15) is 5.26 Å². The summed E-state index contributed by atoms with van der Waals surface area (Å²) in [6.07, 6.45) is 8.54. The van der Waals surface area contributed by atoms with Gasteiger partial charge in [0.25, 0.3) is 0 Å². The van der Waals surface area contributed by atoms with E-state index in [-0.39, 0.29) is 18.4 Å². The zero-order valence-electron chi connectivity index (χ0n) is 16.6. The third-order valence-corrected chi connectivity index (χ3v) is 5.82. The van der Waals surface area contributed by atoms with Crippen LogP contribution in [0.25, 0.3) is 22.1 Å². The number of carbonyl (C=O) groups excluding carboxylic acids is 1. The van der Waals surface area contributed by atoms with E-state index < -0.39 is 0 Å².